The van der Waals surface area contributed by atoms with Gasteiger partial charge < -0.3 is 5.32 Å². The van der Waals surface area contributed by atoms with Gasteiger partial charge in [0.2, 0.25) is 5.91 Å². The maximum absolute atomic E-state index is 11.8. The van der Waals surface area contributed by atoms with Crippen molar-refractivity contribution in [2.24, 2.45) is 0 Å². The summed E-state index contributed by atoms with van der Waals surface area (Å²) in [5.41, 5.74) is 1.81. The zero-order valence-electron chi connectivity index (χ0n) is 10.1. The molecule has 1 N–H and O–H groups in total. The molecule has 1 amide bonds. The number of hydrogen-bond acceptors (Lipinski definition) is 4. The number of amides is 1. The van der Waals surface area contributed by atoms with Crippen LogP contribution in [0.2, 0.25) is 0 Å². The van der Waals surface area contributed by atoms with Crippen LogP contribution in [-0.4, -0.2) is 15.5 Å². The number of thiazole rings is 1. The van der Waals surface area contributed by atoms with Crippen molar-refractivity contribution in [1.29, 1.82) is 0 Å². The van der Waals surface area contributed by atoms with Crippen molar-refractivity contribution in [2.75, 3.05) is 5.32 Å². The molecule has 0 aliphatic carbocycles. The van der Waals surface area contributed by atoms with Gasteiger partial charge in [0.05, 0.1) is 0 Å². The van der Waals surface area contributed by atoms with E-state index in [0.29, 0.717) is 5.82 Å². The maximum atomic E-state index is 11.8. The molecule has 0 unspecified atom stereocenters. The molecule has 0 aliphatic heterocycles. The third kappa shape index (κ3) is 2.84. The lowest BCUT2D eigenvalue weighted by atomic mass is 10.3. The lowest BCUT2D eigenvalue weighted by Gasteiger charge is -2.06. The van der Waals surface area contributed by atoms with Crippen molar-refractivity contribution in [2.45, 2.75) is 20.4 Å². The minimum absolute atomic E-state index is 0.0176. The van der Waals surface area contributed by atoms with Gasteiger partial charge in [-0.25, -0.2) is 4.98 Å². The predicted molar refractivity (Wildman–Crippen MR) is 70.9 cm³/mol. The fourth-order valence-electron chi connectivity index (χ4n) is 1.46. The van der Waals surface area contributed by atoms with Crippen molar-refractivity contribution in [3.05, 3.63) is 44.6 Å². The van der Waals surface area contributed by atoms with Crippen LogP contribution >= 0.6 is 11.3 Å². The summed E-state index contributed by atoms with van der Waals surface area (Å²) < 4.78 is 1.44. The van der Waals surface area contributed by atoms with Gasteiger partial charge in [-0.2, -0.15) is 0 Å². The number of anilines is 1. The molecule has 0 fully saturated rings. The number of pyridine rings is 1. The van der Waals surface area contributed by atoms with Crippen LogP contribution < -0.4 is 10.2 Å². The highest BCUT2D eigenvalue weighted by Gasteiger charge is 2.08. The van der Waals surface area contributed by atoms with Gasteiger partial charge in [0, 0.05) is 17.3 Å². The van der Waals surface area contributed by atoms with E-state index in [4.69, 9.17) is 0 Å². The lowest BCUT2D eigenvalue weighted by molar-refractivity contribution is -0.116. The van der Waals surface area contributed by atoms with Crippen LogP contribution in [0.4, 0.5) is 5.82 Å². The second-order valence-electron chi connectivity index (χ2n) is 4.00. The Kier molecular flexibility index (Phi) is 3.57. The highest BCUT2D eigenvalue weighted by molar-refractivity contribution is 7.07. The summed E-state index contributed by atoms with van der Waals surface area (Å²) in [5, 5.41) is 4.39. The second kappa shape index (κ2) is 5.14. The number of rotatable bonds is 3. The van der Waals surface area contributed by atoms with Crippen molar-refractivity contribution in [3.8, 4) is 0 Å². The molecule has 0 spiro atoms. The van der Waals surface area contributed by atoms with E-state index in [1.54, 1.807) is 24.6 Å². The fourth-order valence-corrected chi connectivity index (χ4v) is 2.20. The molecule has 2 heterocycles. The van der Waals surface area contributed by atoms with E-state index in [9.17, 15) is 9.59 Å². The van der Waals surface area contributed by atoms with Gasteiger partial charge in [-0.15, -0.1) is 0 Å². The molecule has 0 atom stereocenters. The Morgan fingerprint density at radius 3 is 2.78 bits per heavy atom. The van der Waals surface area contributed by atoms with E-state index >= 15 is 0 Å². The number of aryl methyl sites for hydroxylation is 2. The smallest absolute Gasteiger partial charge is 0.307 e. The van der Waals surface area contributed by atoms with Crippen LogP contribution in [0, 0.1) is 13.8 Å². The minimum Gasteiger partial charge on any atom is -0.309 e. The monoisotopic (exact) mass is 263 g/mol. The molecule has 0 aliphatic rings. The molecular formula is C12H13N3O2S. The molecule has 6 heteroatoms. The first-order chi connectivity index (χ1) is 8.56. The third-order valence-electron chi connectivity index (χ3n) is 2.46. The average molecular weight is 263 g/mol. The Morgan fingerprint density at radius 2 is 2.22 bits per heavy atom. The zero-order chi connectivity index (χ0) is 13.1. The zero-order valence-corrected chi connectivity index (χ0v) is 11.0. The highest BCUT2D eigenvalue weighted by Crippen LogP contribution is 2.05. The number of carbonyl (C=O) groups excluding carboxylic acids is 1. The van der Waals surface area contributed by atoms with Gasteiger partial charge >= 0.3 is 4.87 Å². The number of nitrogens with zero attached hydrogens (tertiary/aromatic N) is 2. The van der Waals surface area contributed by atoms with Crippen LogP contribution in [0.5, 0.6) is 0 Å². The van der Waals surface area contributed by atoms with Gasteiger partial charge in [0.1, 0.15) is 12.4 Å². The van der Waals surface area contributed by atoms with Gasteiger partial charge in [-0.1, -0.05) is 17.4 Å². The second-order valence-corrected chi connectivity index (χ2v) is 4.82. The first-order valence-electron chi connectivity index (χ1n) is 5.43. The van der Waals surface area contributed by atoms with Crippen LogP contribution in [-0.2, 0) is 11.3 Å². The van der Waals surface area contributed by atoms with Crippen LogP contribution in [0.1, 0.15) is 11.3 Å². The number of hydrogen-bond donors (Lipinski definition) is 1. The third-order valence-corrected chi connectivity index (χ3v) is 3.34. The Bertz CT molecular complexity index is 613. The Morgan fingerprint density at radius 1 is 1.44 bits per heavy atom. The molecule has 0 saturated heterocycles. The molecule has 2 aromatic rings. The normalized spacial score (nSPS) is 10.3. The van der Waals surface area contributed by atoms with Crippen molar-refractivity contribution >= 4 is 23.1 Å². The van der Waals surface area contributed by atoms with Gasteiger partial charge in [-0.3, -0.25) is 14.2 Å². The van der Waals surface area contributed by atoms with E-state index in [2.05, 4.69) is 10.3 Å². The maximum Gasteiger partial charge on any atom is 0.307 e. The van der Waals surface area contributed by atoms with E-state index < -0.39 is 0 Å². The van der Waals surface area contributed by atoms with Gasteiger partial charge in [-0.05, 0) is 25.5 Å². The van der Waals surface area contributed by atoms with Crippen LogP contribution in [0.25, 0.3) is 0 Å². The van der Waals surface area contributed by atoms with Crippen molar-refractivity contribution in [3.63, 3.8) is 0 Å². The van der Waals surface area contributed by atoms with E-state index in [1.165, 1.54) is 4.57 Å². The molecule has 0 saturated carbocycles. The summed E-state index contributed by atoms with van der Waals surface area (Å²) in [4.78, 5) is 27.2. The summed E-state index contributed by atoms with van der Waals surface area (Å²) in [6, 6.07) is 3.60. The molecule has 0 aromatic carbocycles. The lowest BCUT2D eigenvalue weighted by Crippen LogP contribution is -2.25. The van der Waals surface area contributed by atoms with Gasteiger partial charge in [0.15, 0.2) is 0 Å². The van der Waals surface area contributed by atoms with E-state index in [-0.39, 0.29) is 17.3 Å². The average Bonchev–Trinajstić information content (AvgIpc) is 2.64. The first kappa shape index (κ1) is 12.5. The highest BCUT2D eigenvalue weighted by atomic mass is 32.1. The van der Waals surface area contributed by atoms with Crippen LogP contribution in [0.3, 0.4) is 0 Å². The number of nitrogens with one attached hydrogen (secondary N) is 1. The molecule has 0 bridgehead atoms. The fraction of sp³-hybridized carbons (Fsp3) is 0.250. The molecule has 2 aromatic heterocycles. The van der Waals surface area contributed by atoms with Crippen molar-refractivity contribution in [1.82, 2.24) is 9.55 Å². The summed E-state index contributed by atoms with van der Waals surface area (Å²) in [6.45, 7) is 3.74. The summed E-state index contributed by atoms with van der Waals surface area (Å²) >= 11 is 1.09. The van der Waals surface area contributed by atoms with Crippen LogP contribution in [0.15, 0.2) is 28.5 Å². The summed E-state index contributed by atoms with van der Waals surface area (Å²) in [6.07, 6.45) is 1.68. The SMILES string of the molecule is Cc1ccc(NC(=O)Cn2c(C)csc2=O)nc1. The Labute approximate surface area is 108 Å². The molecular weight excluding hydrogens is 250 g/mol. The summed E-state index contributed by atoms with van der Waals surface area (Å²) in [5.74, 6) is 0.237. The van der Waals surface area contributed by atoms with Gasteiger partial charge in [0.25, 0.3) is 0 Å². The molecule has 0 radical (unpaired) electrons. The number of carbonyl (C=O) groups is 1. The molecule has 94 valence electrons. The largest absolute Gasteiger partial charge is 0.309 e. The number of aromatic nitrogens is 2. The molecule has 2 rings (SSSR count). The summed E-state index contributed by atoms with van der Waals surface area (Å²) in [7, 11) is 0. The van der Waals surface area contributed by atoms with Crippen molar-refractivity contribution < 1.29 is 4.79 Å². The first-order valence-corrected chi connectivity index (χ1v) is 6.31. The van der Waals surface area contributed by atoms with E-state index in [1.807, 2.05) is 13.0 Å². The van der Waals surface area contributed by atoms with E-state index in [0.717, 1.165) is 22.6 Å². The standard InChI is InChI=1S/C12H13N3O2S/c1-8-3-4-10(13-5-8)14-11(16)6-15-9(2)7-18-12(15)17/h3-5,7H,6H2,1-2H3,(H,13,14,16). The quantitative estimate of drug-likeness (QED) is 0.914. The minimum atomic E-state index is -0.255. The Hall–Kier alpha value is -1.95. The molecule has 18 heavy (non-hydrogen) atoms. The predicted octanol–water partition coefficient (Wildman–Crippen LogP) is 1.56. The Balaban J connectivity index is 2.05. The topological polar surface area (TPSA) is 64.0 Å². The molecule has 5 nitrogen and oxygen atoms in total.